The molecule has 6 rings (SSSR count). The highest BCUT2D eigenvalue weighted by Gasteiger charge is 2.66. The number of ketones is 1. The van der Waals surface area contributed by atoms with Gasteiger partial charge in [0.2, 0.25) is 12.7 Å². The van der Waals surface area contributed by atoms with E-state index in [0.717, 1.165) is 16.7 Å². The summed E-state index contributed by atoms with van der Waals surface area (Å²) in [5, 5.41) is 0. The number of hydrogen-bond acceptors (Lipinski definition) is 6. The number of carbonyl (C=O) groups excluding carboxylic acids is 3. The zero-order valence-corrected chi connectivity index (χ0v) is 17.5. The Balaban J connectivity index is 1.39. The molecule has 2 aromatic carbocycles. The molecule has 1 aliphatic carbocycles. The van der Waals surface area contributed by atoms with Crippen molar-refractivity contribution >= 4 is 17.7 Å². The SMILES string of the molecule is O=C1C[C@@H]2c3cc4c(cc3CCN3C(=O)CC[C@]23[C@@H]1C(=O)OCc1ccccc1)OCO4. The molecule has 0 bridgehead atoms. The molecule has 3 aliphatic heterocycles. The van der Waals surface area contributed by atoms with Crippen LogP contribution in [0.2, 0.25) is 0 Å². The summed E-state index contributed by atoms with van der Waals surface area (Å²) >= 11 is 0. The molecule has 3 atom stereocenters. The maximum Gasteiger partial charge on any atom is 0.319 e. The molecule has 1 amide bonds. The van der Waals surface area contributed by atoms with Gasteiger partial charge in [-0.2, -0.15) is 0 Å². The van der Waals surface area contributed by atoms with Crippen LogP contribution in [0.4, 0.5) is 0 Å². The van der Waals surface area contributed by atoms with Gasteiger partial charge in [0.05, 0.1) is 5.54 Å². The van der Waals surface area contributed by atoms with Gasteiger partial charge in [0.15, 0.2) is 11.5 Å². The van der Waals surface area contributed by atoms with Gasteiger partial charge < -0.3 is 19.1 Å². The van der Waals surface area contributed by atoms with Gasteiger partial charge in [-0.15, -0.1) is 0 Å². The number of amides is 1. The largest absolute Gasteiger partial charge is 0.460 e. The van der Waals surface area contributed by atoms with E-state index in [9.17, 15) is 14.4 Å². The van der Waals surface area contributed by atoms with Crippen molar-refractivity contribution < 1.29 is 28.6 Å². The molecular weight excluding hydrogens is 410 g/mol. The molecule has 3 heterocycles. The summed E-state index contributed by atoms with van der Waals surface area (Å²) in [5.74, 6) is -0.586. The first-order chi connectivity index (χ1) is 15.6. The Morgan fingerprint density at radius 2 is 1.88 bits per heavy atom. The number of carbonyl (C=O) groups is 3. The number of esters is 1. The van der Waals surface area contributed by atoms with Crippen LogP contribution in [0.25, 0.3) is 0 Å². The molecule has 7 nitrogen and oxygen atoms in total. The lowest BCUT2D eigenvalue weighted by Gasteiger charge is -2.41. The second kappa shape index (κ2) is 7.08. The van der Waals surface area contributed by atoms with Crippen LogP contribution in [-0.2, 0) is 32.1 Å². The highest BCUT2D eigenvalue weighted by Crippen LogP contribution is 2.57. The lowest BCUT2D eigenvalue weighted by Crippen LogP contribution is -2.55. The molecule has 2 fully saturated rings. The smallest absolute Gasteiger partial charge is 0.319 e. The zero-order valence-electron chi connectivity index (χ0n) is 17.5. The van der Waals surface area contributed by atoms with E-state index in [2.05, 4.69) is 0 Å². The Bertz CT molecular complexity index is 1130. The van der Waals surface area contributed by atoms with Crippen molar-refractivity contribution in [2.24, 2.45) is 5.92 Å². The van der Waals surface area contributed by atoms with Crippen molar-refractivity contribution in [3.63, 3.8) is 0 Å². The fourth-order valence-electron chi connectivity index (χ4n) is 6.08. The van der Waals surface area contributed by atoms with Crippen LogP contribution < -0.4 is 9.47 Å². The van der Waals surface area contributed by atoms with Crippen LogP contribution in [0.5, 0.6) is 11.5 Å². The number of hydrogen-bond donors (Lipinski definition) is 0. The van der Waals surface area contributed by atoms with Crippen LogP contribution in [0.15, 0.2) is 42.5 Å². The summed E-state index contributed by atoms with van der Waals surface area (Å²) in [6, 6.07) is 13.3. The minimum absolute atomic E-state index is 0.00148. The summed E-state index contributed by atoms with van der Waals surface area (Å²) in [4.78, 5) is 41.3. The average Bonchev–Trinajstić information content (AvgIpc) is 3.45. The van der Waals surface area contributed by atoms with Gasteiger partial charge >= 0.3 is 5.97 Å². The first-order valence-corrected chi connectivity index (χ1v) is 11.0. The van der Waals surface area contributed by atoms with Gasteiger partial charge in [-0.25, -0.2) is 0 Å². The van der Waals surface area contributed by atoms with Crippen molar-refractivity contribution in [2.75, 3.05) is 13.3 Å². The Morgan fingerprint density at radius 1 is 1.09 bits per heavy atom. The van der Waals surface area contributed by atoms with Crippen LogP contribution in [0.3, 0.4) is 0 Å². The second-order valence-corrected chi connectivity index (χ2v) is 8.94. The lowest BCUT2D eigenvalue weighted by molar-refractivity contribution is -0.157. The minimum atomic E-state index is -0.973. The van der Waals surface area contributed by atoms with Crippen LogP contribution in [-0.4, -0.2) is 41.4 Å². The molecule has 1 spiro atoms. The zero-order chi connectivity index (χ0) is 21.9. The van der Waals surface area contributed by atoms with Crippen molar-refractivity contribution in [3.8, 4) is 11.5 Å². The maximum absolute atomic E-state index is 13.3. The molecule has 1 saturated carbocycles. The highest BCUT2D eigenvalue weighted by atomic mass is 16.7. The van der Waals surface area contributed by atoms with Crippen LogP contribution in [0, 0.1) is 5.92 Å². The van der Waals surface area contributed by atoms with Gasteiger partial charge in [-0.3, -0.25) is 14.4 Å². The lowest BCUT2D eigenvalue weighted by atomic mass is 9.74. The topological polar surface area (TPSA) is 82.1 Å². The molecule has 32 heavy (non-hydrogen) atoms. The fraction of sp³-hybridized carbons (Fsp3) is 0.400. The fourth-order valence-corrected chi connectivity index (χ4v) is 6.08. The monoisotopic (exact) mass is 433 g/mol. The van der Waals surface area contributed by atoms with Crippen molar-refractivity contribution in [3.05, 3.63) is 59.2 Å². The average molecular weight is 433 g/mol. The van der Waals surface area contributed by atoms with Gasteiger partial charge in [-0.1, -0.05) is 30.3 Å². The first-order valence-electron chi connectivity index (χ1n) is 11.0. The predicted octanol–water partition coefficient (Wildman–Crippen LogP) is 2.75. The minimum Gasteiger partial charge on any atom is -0.460 e. The molecule has 164 valence electrons. The first kappa shape index (κ1) is 19.3. The van der Waals surface area contributed by atoms with Crippen LogP contribution in [0.1, 0.15) is 41.9 Å². The third-order valence-corrected chi connectivity index (χ3v) is 7.45. The summed E-state index contributed by atoms with van der Waals surface area (Å²) in [6.45, 7) is 0.747. The molecular formula is C25H23NO6. The van der Waals surface area contributed by atoms with Gasteiger partial charge in [-0.05, 0) is 41.7 Å². The molecule has 0 N–H and O–H groups in total. The van der Waals surface area contributed by atoms with Crippen LogP contribution >= 0.6 is 0 Å². The Hall–Kier alpha value is -3.35. The van der Waals surface area contributed by atoms with Crippen molar-refractivity contribution in [2.45, 2.75) is 43.7 Å². The highest BCUT2D eigenvalue weighted by molar-refractivity contribution is 6.05. The summed E-state index contributed by atoms with van der Waals surface area (Å²) < 4.78 is 16.8. The van der Waals surface area contributed by atoms with Crippen molar-refractivity contribution in [1.29, 1.82) is 0 Å². The number of rotatable bonds is 3. The summed E-state index contributed by atoms with van der Waals surface area (Å²) in [5.41, 5.74) is 2.02. The van der Waals surface area contributed by atoms with E-state index in [-0.39, 0.29) is 37.4 Å². The van der Waals surface area contributed by atoms with E-state index < -0.39 is 17.4 Å². The molecule has 0 unspecified atom stereocenters. The number of Topliss-reactive ketones (excluding diaryl/α,β-unsaturated/α-hetero) is 1. The predicted molar refractivity (Wildman–Crippen MR) is 112 cm³/mol. The molecule has 2 aromatic rings. The van der Waals surface area contributed by atoms with E-state index in [4.69, 9.17) is 14.2 Å². The van der Waals surface area contributed by atoms with E-state index in [1.165, 1.54) is 0 Å². The number of ether oxygens (including phenoxy) is 3. The number of nitrogens with zero attached hydrogens (tertiary/aromatic N) is 1. The Morgan fingerprint density at radius 3 is 2.69 bits per heavy atom. The van der Waals surface area contributed by atoms with Gasteiger partial charge in [0.1, 0.15) is 18.3 Å². The third kappa shape index (κ3) is 2.70. The normalized spacial score (nSPS) is 27.6. The standard InChI is InChI=1S/C25H23NO6/c27-19-12-18-17-11-21-20(31-14-32-21)10-16(17)7-9-26-22(28)6-8-25(18,26)23(19)24(29)30-13-15-4-2-1-3-5-15/h1-5,10-11,18,23H,6-9,12-14H2/t18-,23+,25-/m1/s1. The maximum atomic E-state index is 13.3. The van der Waals surface area contributed by atoms with Gasteiger partial charge in [0.25, 0.3) is 0 Å². The van der Waals surface area contributed by atoms with Crippen molar-refractivity contribution in [1.82, 2.24) is 4.90 Å². The number of benzene rings is 2. The Labute approximate surface area is 185 Å². The molecule has 4 aliphatic rings. The van der Waals surface area contributed by atoms with E-state index in [0.29, 0.717) is 37.3 Å². The van der Waals surface area contributed by atoms with E-state index >= 15 is 0 Å². The number of fused-ring (bicyclic) bond motifs is 3. The molecule has 0 radical (unpaired) electrons. The Kier molecular flexibility index (Phi) is 4.28. The third-order valence-electron chi connectivity index (χ3n) is 7.45. The quantitative estimate of drug-likeness (QED) is 0.547. The summed E-state index contributed by atoms with van der Waals surface area (Å²) in [6.07, 6.45) is 1.67. The van der Waals surface area contributed by atoms with Gasteiger partial charge in [0, 0.05) is 25.3 Å². The van der Waals surface area contributed by atoms with E-state index in [1.807, 2.05) is 42.5 Å². The van der Waals surface area contributed by atoms with E-state index in [1.54, 1.807) is 4.90 Å². The molecule has 0 aromatic heterocycles. The second-order valence-electron chi connectivity index (χ2n) is 8.94. The molecule has 7 heteroatoms. The summed E-state index contributed by atoms with van der Waals surface area (Å²) in [7, 11) is 0. The molecule has 1 saturated heterocycles.